The Hall–Kier alpha value is -2.08. The zero-order valence-electron chi connectivity index (χ0n) is 14.8. The van der Waals surface area contributed by atoms with Crippen LogP contribution in [0.3, 0.4) is 0 Å². The van der Waals surface area contributed by atoms with Crippen LogP contribution < -0.4 is 0 Å². The molecule has 1 aromatic carbocycles. The van der Waals surface area contributed by atoms with Crippen LogP contribution in [-0.2, 0) is 9.53 Å². The normalized spacial score (nSPS) is 19.2. The highest BCUT2D eigenvalue weighted by Gasteiger charge is 2.41. The molecule has 0 saturated carbocycles. The molecule has 1 aromatic heterocycles. The van der Waals surface area contributed by atoms with Gasteiger partial charge in [0.15, 0.2) is 5.82 Å². The predicted molar refractivity (Wildman–Crippen MR) is 101 cm³/mol. The minimum Gasteiger partial charge on any atom is -0.465 e. The number of rotatable bonds is 6. The third-order valence-corrected chi connectivity index (χ3v) is 5.26. The number of thioether (sulfide) groups is 1. The number of aliphatic imine (C=N–C) groups is 1. The summed E-state index contributed by atoms with van der Waals surface area (Å²) in [4.78, 5) is 18.7. The van der Waals surface area contributed by atoms with Crippen LogP contribution in [0.1, 0.15) is 43.7 Å². The van der Waals surface area contributed by atoms with Gasteiger partial charge in [-0.2, -0.15) is 5.10 Å². The molecule has 2 aromatic rings. The number of hydrogen-bond acceptors (Lipinski definition) is 5. The van der Waals surface area contributed by atoms with Gasteiger partial charge >= 0.3 is 5.97 Å². The fraction of sp³-hybridized carbons (Fsp3) is 0.421. The number of hydrogen-bond donors (Lipinski definition) is 1. The molecule has 1 aliphatic heterocycles. The molecule has 0 spiro atoms. The van der Waals surface area contributed by atoms with E-state index in [4.69, 9.17) is 9.73 Å². The first-order chi connectivity index (χ1) is 12.2. The summed E-state index contributed by atoms with van der Waals surface area (Å²) in [5.74, 6) is 0.0150. The monoisotopic (exact) mass is 357 g/mol. The van der Waals surface area contributed by atoms with Crippen LogP contribution in [0.25, 0.3) is 0 Å². The lowest BCUT2D eigenvalue weighted by molar-refractivity contribution is -0.146. The molecular weight excluding hydrogens is 334 g/mol. The number of esters is 1. The molecule has 2 unspecified atom stereocenters. The summed E-state index contributed by atoms with van der Waals surface area (Å²) in [6.45, 7) is 4.30. The molecule has 0 radical (unpaired) electrons. The smallest absolute Gasteiger partial charge is 0.315 e. The van der Waals surface area contributed by atoms with Gasteiger partial charge in [-0.3, -0.25) is 9.89 Å². The first kappa shape index (κ1) is 17.7. The van der Waals surface area contributed by atoms with Crippen molar-refractivity contribution < 1.29 is 9.53 Å². The summed E-state index contributed by atoms with van der Waals surface area (Å²) in [6.07, 6.45) is 5.53. The topological polar surface area (TPSA) is 67.3 Å². The molecule has 3 rings (SSSR count). The summed E-state index contributed by atoms with van der Waals surface area (Å²) in [6, 6.07) is 8.22. The van der Waals surface area contributed by atoms with Crippen molar-refractivity contribution in [3.63, 3.8) is 0 Å². The molecule has 1 aliphatic rings. The summed E-state index contributed by atoms with van der Waals surface area (Å²) < 4.78 is 5.42. The molecule has 25 heavy (non-hydrogen) atoms. The summed E-state index contributed by atoms with van der Waals surface area (Å²) in [5.41, 5.74) is 2.96. The molecule has 132 valence electrons. The van der Waals surface area contributed by atoms with Gasteiger partial charge in [-0.25, -0.2) is 4.99 Å². The van der Waals surface area contributed by atoms with Gasteiger partial charge in [0.05, 0.1) is 12.8 Å². The van der Waals surface area contributed by atoms with Gasteiger partial charge in [-0.05, 0) is 31.2 Å². The van der Waals surface area contributed by atoms with Crippen molar-refractivity contribution >= 4 is 29.3 Å². The lowest BCUT2D eigenvalue weighted by Crippen LogP contribution is -2.34. The second kappa shape index (κ2) is 7.87. The number of nitrogens with one attached hydrogen (secondary N) is 1. The van der Waals surface area contributed by atoms with Crippen LogP contribution in [0.5, 0.6) is 0 Å². The maximum absolute atomic E-state index is 12.9. The highest BCUT2D eigenvalue weighted by atomic mass is 32.2. The Kier molecular flexibility index (Phi) is 5.58. The van der Waals surface area contributed by atoms with Gasteiger partial charge in [0.2, 0.25) is 0 Å². The summed E-state index contributed by atoms with van der Waals surface area (Å²) in [7, 11) is 0. The van der Waals surface area contributed by atoms with E-state index >= 15 is 0 Å². The van der Waals surface area contributed by atoms with Crippen molar-refractivity contribution in [3.8, 4) is 0 Å². The van der Waals surface area contributed by atoms with E-state index in [1.54, 1.807) is 18.0 Å². The van der Waals surface area contributed by atoms with Crippen LogP contribution in [-0.4, -0.2) is 34.7 Å². The molecule has 0 aliphatic carbocycles. The van der Waals surface area contributed by atoms with Gasteiger partial charge in [-0.15, -0.1) is 11.8 Å². The number of H-pyrrole nitrogens is 1. The third-order valence-electron chi connectivity index (χ3n) is 4.45. The maximum Gasteiger partial charge on any atom is 0.315 e. The quantitative estimate of drug-likeness (QED) is 0.617. The molecule has 5 nitrogen and oxygen atoms in total. The number of nitrogens with zero attached hydrogens (tertiary/aromatic N) is 2. The predicted octanol–water partition coefficient (Wildman–Crippen LogP) is 4.33. The highest BCUT2D eigenvalue weighted by molar-refractivity contribution is 7.98. The molecule has 1 N–H and O–H groups in total. The number of ether oxygens (including phenoxy) is 1. The number of benzene rings is 1. The number of aromatic nitrogens is 2. The second-order valence-electron chi connectivity index (χ2n) is 5.98. The Balaban J connectivity index is 2.17. The minimum atomic E-state index is -0.404. The molecule has 2 heterocycles. The SMILES string of the molecule is CCCC1=Nc2[nH]ncc2C(c2ccccc2SC)C1C(=O)OCC. The first-order valence-electron chi connectivity index (χ1n) is 8.61. The number of fused-ring (bicyclic) bond motifs is 1. The van der Waals surface area contributed by atoms with Crippen LogP contribution in [0.4, 0.5) is 5.82 Å². The Morgan fingerprint density at radius 3 is 2.80 bits per heavy atom. The average Bonchev–Trinajstić information content (AvgIpc) is 3.09. The van der Waals surface area contributed by atoms with Crippen molar-refractivity contribution in [1.82, 2.24) is 10.2 Å². The van der Waals surface area contributed by atoms with Gasteiger partial charge in [0.25, 0.3) is 0 Å². The molecule has 6 heteroatoms. The first-order valence-corrected chi connectivity index (χ1v) is 9.83. The van der Waals surface area contributed by atoms with E-state index in [0.717, 1.165) is 40.4 Å². The summed E-state index contributed by atoms with van der Waals surface area (Å²) in [5, 5.41) is 7.16. The Morgan fingerprint density at radius 2 is 2.08 bits per heavy atom. The Bertz CT molecular complexity index is 784. The summed E-state index contributed by atoms with van der Waals surface area (Å²) >= 11 is 1.69. The van der Waals surface area contributed by atoms with E-state index in [1.807, 2.05) is 19.1 Å². The van der Waals surface area contributed by atoms with E-state index in [1.165, 1.54) is 0 Å². The van der Waals surface area contributed by atoms with E-state index in [2.05, 4.69) is 35.5 Å². The minimum absolute atomic E-state index is 0.129. The Labute approximate surface area is 152 Å². The van der Waals surface area contributed by atoms with Crippen molar-refractivity contribution in [1.29, 1.82) is 0 Å². The second-order valence-corrected chi connectivity index (χ2v) is 6.82. The largest absolute Gasteiger partial charge is 0.465 e. The van der Waals surface area contributed by atoms with E-state index in [9.17, 15) is 4.79 Å². The van der Waals surface area contributed by atoms with Gasteiger partial charge < -0.3 is 4.74 Å². The lowest BCUT2D eigenvalue weighted by atomic mass is 9.76. The number of carbonyl (C=O) groups is 1. The van der Waals surface area contributed by atoms with Crippen LogP contribution in [0.2, 0.25) is 0 Å². The van der Waals surface area contributed by atoms with Crippen LogP contribution in [0.15, 0.2) is 40.4 Å². The fourth-order valence-electron chi connectivity index (χ4n) is 3.43. The van der Waals surface area contributed by atoms with Gasteiger partial charge in [0.1, 0.15) is 5.92 Å². The van der Waals surface area contributed by atoms with Crippen LogP contribution >= 0.6 is 11.8 Å². The van der Waals surface area contributed by atoms with E-state index in [-0.39, 0.29) is 11.9 Å². The van der Waals surface area contributed by atoms with Crippen LogP contribution in [0, 0.1) is 5.92 Å². The van der Waals surface area contributed by atoms with Gasteiger partial charge in [-0.1, -0.05) is 31.5 Å². The van der Waals surface area contributed by atoms with Crippen molar-refractivity contribution in [2.75, 3.05) is 12.9 Å². The molecule has 0 amide bonds. The molecule has 0 bridgehead atoms. The van der Waals surface area contributed by atoms with Crippen molar-refractivity contribution in [2.45, 2.75) is 37.5 Å². The maximum atomic E-state index is 12.9. The average molecular weight is 357 g/mol. The highest BCUT2D eigenvalue weighted by Crippen LogP contribution is 2.45. The number of carbonyl (C=O) groups excluding carboxylic acids is 1. The zero-order chi connectivity index (χ0) is 17.8. The standard InChI is InChI=1S/C19H23N3O2S/c1-4-8-14-17(19(23)24-5-2)16(13-11-20-22-18(13)21-14)12-9-6-7-10-15(12)25-3/h6-7,9-11,16-17H,4-5,8H2,1-3H3,(H,20,22). The number of aromatic amines is 1. The lowest BCUT2D eigenvalue weighted by Gasteiger charge is -2.31. The van der Waals surface area contributed by atoms with Crippen molar-refractivity contribution in [3.05, 3.63) is 41.6 Å². The van der Waals surface area contributed by atoms with E-state index in [0.29, 0.717) is 6.61 Å². The molecule has 0 saturated heterocycles. The molecular formula is C19H23N3O2S. The van der Waals surface area contributed by atoms with Crippen molar-refractivity contribution in [2.24, 2.45) is 10.9 Å². The van der Waals surface area contributed by atoms with Gasteiger partial charge in [0, 0.05) is 22.1 Å². The third kappa shape index (κ3) is 3.35. The van der Waals surface area contributed by atoms with E-state index < -0.39 is 5.92 Å². The molecule has 2 atom stereocenters. The molecule has 0 fully saturated rings. The Morgan fingerprint density at radius 1 is 1.28 bits per heavy atom. The zero-order valence-corrected chi connectivity index (χ0v) is 15.6. The fourth-order valence-corrected chi connectivity index (χ4v) is 4.08.